The molecule has 0 radical (unpaired) electrons. The minimum absolute atomic E-state index is 0.540. The van der Waals surface area contributed by atoms with Crippen LogP contribution in [0.2, 0.25) is 0 Å². The van der Waals surface area contributed by atoms with Gasteiger partial charge in [0.25, 0.3) is 0 Å². The van der Waals surface area contributed by atoms with E-state index in [2.05, 4.69) is 10.6 Å². The van der Waals surface area contributed by atoms with Crippen molar-refractivity contribution < 1.29 is 88.2 Å². The Kier molecular flexibility index (Phi) is 19.8. The molecule has 14 N–H and O–H groups in total. The number of aliphatic carboxylic acids is 6. The van der Waals surface area contributed by atoms with Crippen molar-refractivity contribution in [1.82, 2.24) is 31.9 Å². The van der Waals surface area contributed by atoms with Crippen molar-refractivity contribution in [2.75, 3.05) is 0 Å². The summed E-state index contributed by atoms with van der Waals surface area (Å²) in [7, 11) is 0. The maximum absolute atomic E-state index is 13.3. The second-order valence-electron chi connectivity index (χ2n) is 12.0. The van der Waals surface area contributed by atoms with Crippen LogP contribution in [0, 0.1) is 5.92 Å². The number of hydrogen-bond donors (Lipinski definition) is 13. The highest BCUT2D eigenvalue weighted by molar-refractivity contribution is 5.99. The van der Waals surface area contributed by atoms with Gasteiger partial charge in [-0.2, -0.15) is 0 Å². The van der Waals surface area contributed by atoms with Crippen LogP contribution >= 0.6 is 0 Å². The second kappa shape index (κ2) is 22.5. The van der Waals surface area contributed by atoms with Crippen LogP contribution in [0.15, 0.2) is 0 Å². The van der Waals surface area contributed by atoms with Crippen LogP contribution in [0.1, 0.15) is 59.3 Å². The number of hydrogen-bond acceptors (Lipinski definition) is 13. The van der Waals surface area contributed by atoms with Gasteiger partial charge in [-0.3, -0.25) is 52.7 Å². The van der Waals surface area contributed by atoms with E-state index in [1.807, 2.05) is 16.0 Å². The van der Waals surface area contributed by atoms with Crippen molar-refractivity contribution in [3.63, 3.8) is 0 Å². The Balaban J connectivity index is 6.29. The van der Waals surface area contributed by atoms with Gasteiger partial charge in [-0.15, -0.1) is 0 Å². The third kappa shape index (κ3) is 18.2. The van der Waals surface area contributed by atoms with Crippen LogP contribution in [-0.2, 0) is 57.5 Å². The van der Waals surface area contributed by atoms with Gasteiger partial charge in [-0.05, 0) is 19.3 Å². The van der Waals surface area contributed by atoms with Gasteiger partial charge in [0, 0.05) is 6.42 Å². The number of carboxylic acid groups (broad SMARTS) is 6. The fourth-order valence-corrected chi connectivity index (χ4v) is 4.23. The fraction of sp³-hybridized carbons (Fsp3) is 0.586. The average Bonchev–Trinajstić information content (AvgIpc) is 3.02. The zero-order chi connectivity index (χ0) is 42.0. The van der Waals surface area contributed by atoms with Crippen molar-refractivity contribution >= 4 is 71.3 Å². The number of nitrogens with two attached hydrogens (primary N) is 1. The molecule has 25 heteroatoms. The Hall–Kier alpha value is -6.40. The summed E-state index contributed by atoms with van der Waals surface area (Å²) in [6.45, 7) is 3.90. The molecule has 0 aromatic heterocycles. The van der Waals surface area contributed by atoms with E-state index in [4.69, 9.17) is 15.9 Å². The molecule has 302 valence electrons. The monoisotopic (exact) mass is 777 g/mol. The predicted molar refractivity (Wildman–Crippen MR) is 174 cm³/mol. The summed E-state index contributed by atoms with van der Waals surface area (Å²) in [6, 6.07) is -12.8. The van der Waals surface area contributed by atoms with E-state index in [0.717, 1.165) is 0 Å². The lowest BCUT2D eigenvalue weighted by atomic mass is 10.0. The molecule has 0 aliphatic heterocycles. The van der Waals surface area contributed by atoms with Crippen LogP contribution in [0.3, 0.4) is 0 Å². The summed E-state index contributed by atoms with van der Waals surface area (Å²) in [5.74, 6) is -18.6. The van der Waals surface area contributed by atoms with Crippen molar-refractivity contribution in [3.05, 3.63) is 0 Å². The molecule has 0 aliphatic rings. The minimum atomic E-state index is -2.09. The fourth-order valence-electron chi connectivity index (χ4n) is 4.23. The third-order valence-corrected chi connectivity index (χ3v) is 6.97. The highest BCUT2D eigenvalue weighted by Gasteiger charge is 2.36. The third-order valence-electron chi connectivity index (χ3n) is 6.97. The first-order valence-corrected chi connectivity index (χ1v) is 15.8. The van der Waals surface area contributed by atoms with Crippen LogP contribution in [0.4, 0.5) is 0 Å². The first-order valence-electron chi connectivity index (χ1n) is 15.8. The molecular formula is C29H43N7O18. The van der Waals surface area contributed by atoms with Gasteiger partial charge in [0.05, 0.1) is 31.7 Å². The van der Waals surface area contributed by atoms with Gasteiger partial charge < -0.3 is 68.3 Å². The number of carbonyl (C=O) groups excluding carboxylic acids is 6. The molecule has 0 saturated carbocycles. The van der Waals surface area contributed by atoms with E-state index in [9.17, 15) is 78.0 Å². The van der Waals surface area contributed by atoms with E-state index in [1.54, 1.807) is 5.32 Å². The lowest BCUT2D eigenvalue weighted by Crippen LogP contribution is -2.61. The van der Waals surface area contributed by atoms with Gasteiger partial charge in [0.1, 0.15) is 36.3 Å². The van der Waals surface area contributed by atoms with Crippen LogP contribution in [0.25, 0.3) is 0 Å². The molecule has 0 bridgehead atoms. The largest absolute Gasteiger partial charge is 0.481 e. The summed E-state index contributed by atoms with van der Waals surface area (Å²) in [6.07, 6.45) is -5.87. The van der Waals surface area contributed by atoms with Crippen LogP contribution < -0.4 is 37.6 Å². The first kappa shape index (κ1) is 47.6. The van der Waals surface area contributed by atoms with Gasteiger partial charge in [-0.25, -0.2) is 4.79 Å². The molecule has 0 aromatic carbocycles. The Bertz CT molecular complexity index is 1480. The van der Waals surface area contributed by atoms with E-state index in [1.165, 1.54) is 20.8 Å². The molecule has 0 rings (SSSR count). The maximum atomic E-state index is 13.3. The van der Waals surface area contributed by atoms with E-state index >= 15 is 0 Å². The van der Waals surface area contributed by atoms with Crippen molar-refractivity contribution in [3.8, 4) is 0 Å². The molecule has 7 atom stereocenters. The Morgan fingerprint density at radius 3 is 1.07 bits per heavy atom. The lowest BCUT2D eigenvalue weighted by Gasteiger charge is -2.28. The normalized spacial score (nSPS) is 14.6. The average molecular weight is 778 g/mol. The molecule has 0 saturated heterocycles. The van der Waals surface area contributed by atoms with Gasteiger partial charge in [0.15, 0.2) is 0 Å². The first-order chi connectivity index (χ1) is 24.8. The molecule has 0 aliphatic carbocycles. The number of amides is 6. The second-order valence-corrected chi connectivity index (χ2v) is 12.0. The molecular weight excluding hydrogens is 734 g/mol. The smallest absolute Gasteiger partial charge is 0.326 e. The Morgan fingerprint density at radius 1 is 0.426 bits per heavy atom. The van der Waals surface area contributed by atoms with Gasteiger partial charge >= 0.3 is 35.8 Å². The van der Waals surface area contributed by atoms with Crippen molar-refractivity contribution in [2.45, 2.75) is 102 Å². The summed E-state index contributed by atoms with van der Waals surface area (Å²) < 4.78 is 0. The number of rotatable bonds is 25. The molecule has 0 unspecified atom stereocenters. The molecule has 0 fully saturated rings. The van der Waals surface area contributed by atoms with Crippen molar-refractivity contribution in [1.29, 1.82) is 0 Å². The minimum Gasteiger partial charge on any atom is -0.481 e. The Labute approximate surface area is 304 Å². The SMILES string of the molecule is CC(C)[C@H](NC(=O)[C@H](CC(=O)O)NC(=O)[C@H](CC(=O)O)NC(=O)[C@H](CCC(=O)O)NC(=O)[C@H](C)N)C(=O)N[C@@H](CC(=O)O)C(=O)N[C@@H](CC(=O)O)C(=O)O. The standard InChI is InChI=1S/C29H43N7O18/c1-10(2)22(28(52)34-14(7-19(41)42)26(50)35-16(29(53)54)9-21(45)46)36-27(51)15(8-20(43)44)33-25(49)13(6-18(39)40)32-24(48)12(4-5-17(37)38)31-23(47)11(3)30/h10-16,22H,4-9,30H2,1-3H3,(H,31,47)(H,32,48)(H,33,49)(H,34,52)(H,35,50)(H,36,51)(H,37,38)(H,39,40)(H,41,42)(H,43,44)(H,45,46)(H,53,54)/t11-,12-,13-,14-,15-,16-,22-/m0/s1. The summed E-state index contributed by atoms with van der Waals surface area (Å²) in [5.41, 5.74) is 5.46. The van der Waals surface area contributed by atoms with E-state index in [0.29, 0.717) is 0 Å². The molecule has 25 nitrogen and oxygen atoms in total. The van der Waals surface area contributed by atoms with Gasteiger partial charge in [0.2, 0.25) is 35.4 Å². The summed E-state index contributed by atoms with van der Waals surface area (Å²) in [4.78, 5) is 145. The number of carbonyl (C=O) groups is 12. The molecule has 0 spiro atoms. The maximum Gasteiger partial charge on any atom is 0.326 e. The quantitative estimate of drug-likeness (QED) is 0.0412. The zero-order valence-electron chi connectivity index (χ0n) is 29.0. The zero-order valence-corrected chi connectivity index (χ0v) is 29.0. The summed E-state index contributed by atoms with van der Waals surface area (Å²) >= 11 is 0. The topological polar surface area (TPSA) is 424 Å². The molecule has 0 heterocycles. The molecule has 0 aromatic rings. The summed E-state index contributed by atoms with van der Waals surface area (Å²) in [5, 5.41) is 67.1. The molecule has 54 heavy (non-hydrogen) atoms. The number of nitrogens with one attached hydrogen (secondary N) is 6. The predicted octanol–water partition coefficient (Wildman–Crippen LogP) is -5.25. The van der Waals surface area contributed by atoms with Crippen molar-refractivity contribution in [2.24, 2.45) is 11.7 Å². The molecule has 6 amide bonds. The lowest BCUT2D eigenvalue weighted by molar-refractivity contribution is -0.148. The van der Waals surface area contributed by atoms with E-state index < -0.39 is 158 Å². The highest BCUT2D eigenvalue weighted by atomic mass is 16.4. The van der Waals surface area contributed by atoms with Crippen LogP contribution in [0.5, 0.6) is 0 Å². The van der Waals surface area contributed by atoms with Crippen LogP contribution in [-0.4, -0.2) is 144 Å². The highest BCUT2D eigenvalue weighted by Crippen LogP contribution is 2.08. The van der Waals surface area contributed by atoms with E-state index in [-0.39, 0.29) is 0 Å². The Morgan fingerprint density at radius 2 is 0.741 bits per heavy atom. The van der Waals surface area contributed by atoms with Gasteiger partial charge in [-0.1, -0.05) is 13.8 Å². The number of carboxylic acids is 6.